The van der Waals surface area contributed by atoms with E-state index < -0.39 is 49.2 Å². The summed E-state index contributed by atoms with van der Waals surface area (Å²) < 4.78 is 95.5. The van der Waals surface area contributed by atoms with Gasteiger partial charge in [-0.2, -0.15) is 26.3 Å². The number of alkyl halides is 6. The predicted octanol–water partition coefficient (Wildman–Crippen LogP) is 4.42. The highest BCUT2D eigenvalue weighted by Gasteiger charge is 2.58. The highest BCUT2D eigenvalue weighted by molar-refractivity contribution is 7.16. The van der Waals surface area contributed by atoms with E-state index in [9.17, 15) is 50.6 Å². The van der Waals surface area contributed by atoms with Crippen LogP contribution in [0.25, 0.3) is 10.2 Å². The number of H-pyrrole nitrogens is 1. The third-order valence-corrected chi connectivity index (χ3v) is 9.03. The zero-order valence-electron chi connectivity index (χ0n) is 28.0. The molecule has 20 heteroatoms. The SMILES string of the molecule is CCN(CC)CCN(CCNCCc1ccc(O)c2[nH]c(=O)sc12)C(=O)C(COCCc1ccccc1Cl)(OC(=O)C(F)(F)F)OC(=O)C(F)(F)F. The van der Waals surface area contributed by atoms with Crippen molar-refractivity contribution < 1.29 is 60.0 Å². The topological polar surface area (TPSA) is 150 Å². The molecule has 12 nitrogen and oxygen atoms in total. The molecule has 0 atom stereocenters. The number of amides is 1. The number of phenols is 1. The molecule has 0 saturated carbocycles. The highest BCUT2D eigenvalue weighted by Crippen LogP contribution is 2.30. The Balaban J connectivity index is 1.90. The first kappa shape index (κ1) is 42.5. The lowest BCUT2D eigenvalue weighted by molar-refractivity contribution is -0.278. The van der Waals surface area contributed by atoms with Crippen molar-refractivity contribution in [2.45, 2.75) is 44.8 Å². The Labute approximate surface area is 302 Å². The van der Waals surface area contributed by atoms with Gasteiger partial charge >= 0.3 is 40.9 Å². The maximum Gasteiger partial charge on any atom is 0.491 e. The molecule has 0 radical (unpaired) electrons. The number of aromatic nitrogens is 1. The van der Waals surface area contributed by atoms with Gasteiger partial charge in [0, 0.05) is 31.2 Å². The number of aromatic hydroxyl groups is 1. The summed E-state index contributed by atoms with van der Waals surface area (Å²) in [6.07, 6.45) is -11.3. The number of thiazole rings is 1. The lowest BCUT2D eigenvalue weighted by Gasteiger charge is -2.36. The normalized spacial score (nSPS) is 12.3. The smallest absolute Gasteiger partial charge is 0.491 e. The van der Waals surface area contributed by atoms with E-state index in [0.29, 0.717) is 35.3 Å². The Morgan fingerprint density at radius 2 is 1.52 bits per heavy atom. The minimum Gasteiger partial charge on any atom is -0.506 e. The number of fused-ring (bicyclic) bond motifs is 1. The van der Waals surface area contributed by atoms with Crippen molar-refractivity contribution in [3.63, 3.8) is 0 Å². The summed E-state index contributed by atoms with van der Waals surface area (Å²) in [5.41, 5.74) is 1.42. The number of phenolic OH excluding ortho intramolecular Hbond substituents is 1. The van der Waals surface area contributed by atoms with E-state index in [1.807, 2.05) is 0 Å². The number of likely N-dealkylation sites (N-methyl/N-ethyl adjacent to an activating group) is 1. The average molecular weight is 787 g/mol. The number of carbonyl (C=O) groups excluding carboxylic acids is 3. The molecular formula is C32H37ClF6N4O8S. The largest absolute Gasteiger partial charge is 0.506 e. The second kappa shape index (κ2) is 18.7. The van der Waals surface area contributed by atoms with Gasteiger partial charge in [-0.1, -0.05) is 61.1 Å². The van der Waals surface area contributed by atoms with Crippen LogP contribution in [-0.2, 0) is 41.4 Å². The fourth-order valence-corrected chi connectivity index (χ4v) is 6.05. The summed E-state index contributed by atoms with van der Waals surface area (Å²) >= 11 is 6.99. The van der Waals surface area contributed by atoms with Gasteiger partial charge in [-0.25, -0.2) is 9.59 Å². The summed E-state index contributed by atoms with van der Waals surface area (Å²) in [4.78, 5) is 54.9. The van der Waals surface area contributed by atoms with Crippen LogP contribution in [0, 0.1) is 0 Å². The maximum absolute atomic E-state index is 14.1. The standard InChI is InChI=1S/C32H37ClF6N4O8S/c1-3-42(4-2)16-17-43(15-14-40-13-11-21-9-10-23(44)24-25(21)52-29(48)41-24)26(45)30(50-27(46)31(34,35)36,51-28(47)32(37,38)39)19-49-18-12-20-7-5-6-8-22(20)33/h5-10,40,44H,3-4,11-19H2,1-2H3,(H,41,48). The molecule has 3 N–H and O–H groups in total. The number of nitrogens with zero attached hydrogens (tertiary/aromatic N) is 2. The zero-order valence-corrected chi connectivity index (χ0v) is 29.6. The lowest BCUT2D eigenvalue weighted by atomic mass is 10.1. The molecular weight excluding hydrogens is 750 g/mol. The molecule has 0 bridgehead atoms. The molecule has 1 heterocycles. The summed E-state index contributed by atoms with van der Waals surface area (Å²) in [6.45, 7) is 2.07. The number of rotatable bonds is 19. The number of benzene rings is 2. The molecule has 288 valence electrons. The average Bonchev–Trinajstić information content (AvgIpc) is 3.48. The first-order valence-corrected chi connectivity index (χ1v) is 17.1. The number of hydrogen-bond acceptors (Lipinski definition) is 11. The fourth-order valence-electron chi connectivity index (χ4n) is 4.92. The second-order valence-corrected chi connectivity index (χ2v) is 12.6. The molecule has 2 aromatic carbocycles. The Morgan fingerprint density at radius 3 is 2.12 bits per heavy atom. The molecule has 1 aromatic heterocycles. The number of carbonyl (C=O) groups is 3. The van der Waals surface area contributed by atoms with Crippen LogP contribution in [0.3, 0.4) is 0 Å². The van der Waals surface area contributed by atoms with Crippen LogP contribution in [0.4, 0.5) is 26.3 Å². The van der Waals surface area contributed by atoms with E-state index in [1.54, 1.807) is 43.0 Å². The zero-order chi connectivity index (χ0) is 38.7. The van der Waals surface area contributed by atoms with E-state index >= 15 is 0 Å². The van der Waals surface area contributed by atoms with Crippen LogP contribution < -0.4 is 10.2 Å². The van der Waals surface area contributed by atoms with Crippen molar-refractivity contribution in [2.75, 3.05) is 59.0 Å². The molecule has 52 heavy (non-hydrogen) atoms. The Kier molecular flexibility index (Phi) is 15.3. The van der Waals surface area contributed by atoms with Gasteiger partial charge in [0.05, 0.1) is 11.3 Å². The van der Waals surface area contributed by atoms with Crippen LogP contribution in [0.15, 0.2) is 41.2 Å². The maximum atomic E-state index is 14.1. The quantitative estimate of drug-likeness (QED) is 0.0690. The molecule has 0 spiro atoms. The number of ether oxygens (including phenoxy) is 3. The number of hydrogen-bond donors (Lipinski definition) is 3. The van der Waals surface area contributed by atoms with Crippen LogP contribution in [0.5, 0.6) is 5.75 Å². The van der Waals surface area contributed by atoms with Gasteiger partial charge in [-0.3, -0.25) is 9.59 Å². The van der Waals surface area contributed by atoms with Gasteiger partial charge in [-0.05, 0) is 55.7 Å². The van der Waals surface area contributed by atoms with E-state index in [1.165, 1.54) is 12.1 Å². The fraction of sp³-hybridized carbons (Fsp3) is 0.500. The second-order valence-electron chi connectivity index (χ2n) is 11.2. The van der Waals surface area contributed by atoms with Crippen LogP contribution in [0.1, 0.15) is 25.0 Å². The Hall–Kier alpha value is -3.91. The van der Waals surface area contributed by atoms with Crippen molar-refractivity contribution in [3.05, 3.63) is 62.2 Å². The molecule has 3 rings (SSSR count). The first-order valence-electron chi connectivity index (χ1n) is 15.9. The van der Waals surface area contributed by atoms with Gasteiger partial charge in [-0.15, -0.1) is 0 Å². The minimum absolute atomic E-state index is 0.0348. The summed E-state index contributed by atoms with van der Waals surface area (Å²) in [5, 5.41) is 13.3. The number of nitrogens with one attached hydrogen (secondary N) is 2. The molecule has 0 unspecified atom stereocenters. The van der Waals surface area contributed by atoms with Gasteiger partial charge in [0.1, 0.15) is 17.9 Å². The predicted molar refractivity (Wildman–Crippen MR) is 178 cm³/mol. The van der Waals surface area contributed by atoms with Crippen molar-refractivity contribution >= 4 is 51.0 Å². The number of aromatic amines is 1. The number of halogens is 7. The van der Waals surface area contributed by atoms with Crippen LogP contribution in [0.2, 0.25) is 5.02 Å². The third-order valence-electron chi connectivity index (χ3n) is 7.71. The molecule has 3 aromatic rings. The lowest BCUT2D eigenvalue weighted by Crippen LogP contribution is -2.60. The molecule has 1 amide bonds. The van der Waals surface area contributed by atoms with Crippen molar-refractivity contribution in [3.8, 4) is 5.75 Å². The van der Waals surface area contributed by atoms with Gasteiger partial charge in [0.25, 0.3) is 0 Å². The first-order chi connectivity index (χ1) is 24.4. The Morgan fingerprint density at radius 1 is 0.885 bits per heavy atom. The van der Waals surface area contributed by atoms with Crippen molar-refractivity contribution in [2.24, 2.45) is 0 Å². The summed E-state index contributed by atoms with van der Waals surface area (Å²) in [7, 11) is 0. The molecule has 0 saturated heterocycles. The number of esters is 2. The van der Waals surface area contributed by atoms with E-state index in [-0.39, 0.29) is 60.3 Å². The minimum atomic E-state index is -5.81. The van der Waals surface area contributed by atoms with Crippen LogP contribution in [-0.4, -0.2) is 115 Å². The molecule has 0 fully saturated rings. The van der Waals surface area contributed by atoms with Crippen LogP contribution >= 0.6 is 22.9 Å². The summed E-state index contributed by atoms with van der Waals surface area (Å²) in [5.74, 6) is -11.9. The van der Waals surface area contributed by atoms with Gasteiger partial charge < -0.3 is 39.4 Å². The molecule has 0 aliphatic heterocycles. The third kappa shape index (κ3) is 11.8. The van der Waals surface area contributed by atoms with Gasteiger partial charge in [0.15, 0.2) is 0 Å². The molecule has 0 aliphatic rings. The van der Waals surface area contributed by atoms with E-state index in [0.717, 1.165) is 16.2 Å². The van der Waals surface area contributed by atoms with E-state index in [2.05, 4.69) is 19.8 Å². The van der Waals surface area contributed by atoms with Crippen molar-refractivity contribution in [1.82, 2.24) is 20.1 Å². The van der Waals surface area contributed by atoms with E-state index in [4.69, 9.17) is 16.3 Å². The molecule has 0 aliphatic carbocycles. The van der Waals surface area contributed by atoms with Crippen molar-refractivity contribution in [1.29, 1.82) is 0 Å². The monoisotopic (exact) mass is 786 g/mol. The summed E-state index contributed by atoms with van der Waals surface area (Å²) in [6, 6.07) is 9.33. The highest BCUT2D eigenvalue weighted by atomic mass is 35.5. The van der Waals surface area contributed by atoms with Gasteiger partial charge in [0.2, 0.25) is 0 Å². The Bertz CT molecular complexity index is 1700.